The molecular formula is C22H19N3O. The van der Waals surface area contributed by atoms with Crippen LogP contribution in [0.4, 0.5) is 5.69 Å². The number of nitrogens with one attached hydrogen (secondary N) is 1. The third-order valence-corrected chi connectivity index (χ3v) is 4.53. The molecule has 0 aliphatic heterocycles. The molecule has 4 nitrogen and oxygen atoms in total. The third kappa shape index (κ3) is 3.22. The maximum atomic E-state index is 12.6. The van der Waals surface area contributed by atoms with Crippen LogP contribution in [-0.4, -0.2) is 15.5 Å². The molecule has 0 bridgehead atoms. The number of hydrogen-bond donors (Lipinski definition) is 1. The molecule has 0 aliphatic rings. The van der Waals surface area contributed by atoms with Gasteiger partial charge in [-0.15, -0.1) is 0 Å². The first-order valence-electron chi connectivity index (χ1n) is 8.56. The van der Waals surface area contributed by atoms with E-state index in [1.807, 2.05) is 79.9 Å². The van der Waals surface area contributed by atoms with Crippen LogP contribution in [0.1, 0.15) is 21.7 Å². The first-order valence-corrected chi connectivity index (χ1v) is 8.56. The maximum Gasteiger partial charge on any atom is 0.255 e. The Morgan fingerprint density at radius 2 is 1.77 bits per heavy atom. The van der Waals surface area contributed by atoms with Crippen LogP contribution in [0.3, 0.4) is 0 Å². The first-order chi connectivity index (χ1) is 12.7. The topological polar surface area (TPSA) is 46.9 Å². The summed E-state index contributed by atoms with van der Waals surface area (Å²) in [4.78, 5) is 16.8. The van der Waals surface area contributed by atoms with Crippen molar-refractivity contribution in [2.24, 2.45) is 0 Å². The Labute approximate surface area is 152 Å². The van der Waals surface area contributed by atoms with E-state index >= 15 is 0 Å². The first kappa shape index (κ1) is 16.1. The highest BCUT2D eigenvalue weighted by Gasteiger charge is 2.08. The van der Waals surface area contributed by atoms with E-state index in [0.717, 1.165) is 34.4 Å². The molecule has 0 aliphatic carbocycles. The highest BCUT2D eigenvalue weighted by Crippen LogP contribution is 2.23. The molecule has 0 unspecified atom stereocenters. The van der Waals surface area contributed by atoms with Crippen LogP contribution in [0.2, 0.25) is 0 Å². The molecule has 26 heavy (non-hydrogen) atoms. The predicted octanol–water partition coefficient (Wildman–Crippen LogP) is 4.65. The second kappa shape index (κ2) is 6.84. The van der Waals surface area contributed by atoms with E-state index < -0.39 is 0 Å². The summed E-state index contributed by atoms with van der Waals surface area (Å²) in [5.74, 6) is 0.870. The van der Waals surface area contributed by atoms with Crippen LogP contribution in [0.25, 0.3) is 10.8 Å². The van der Waals surface area contributed by atoms with Crippen molar-refractivity contribution in [3.05, 3.63) is 96.1 Å². The average molecular weight is 341 g/mol. The van der Waals surface area contributed by atoms with Gasteiger partial charge in [0.05, 0.1) is 0 Å². The van der Waals surface area contributed by atoms with Crippen LogP contribution in [0.15, 0.2) is 79.1 Å². The molecule has 4 aromatic rings. The zero-order chi connectivity index (χ0) is 17.9. The largest absolute Gasteiger partial charge is 0.331 e. The summed E-state index contributed by atoms with van der Waals surface area (Å²) in [5, 5.41) is 5.17. The molecule has 1 heterocycles. The van der Waals surface area contributed by atoms with Crippen molar-refractivity contribution in [2.75, 3.05) is 5.32 Å². The normalized spacial score (nSPS) is 10.8. The van der Waals surface area contributed by atoms with E-state index in [2.05, 4.69) is 14.9 Å². The summed E-state index contributed by atoms with van der Waals surface area (Å²) in [7, 11) is 0. The summed E-state index contributed by atoms with van der Waals surface area (Å²) in [6.45, 7) is 2.73. The Bertz CT molecular complexity index is 1060. The SMILES string of the molecule is Cc1nccn1Cc1ccc(C(=O)Nc2cccc3ccccc23)cc1. The molecule has 0 saturated carbocycles. The number of hydrogen-bond acceptors (Lipinski definition) is 2. The lowest BCUT2D eigenvalue weighted by molar-refractivity contribution is 0.102. The zero-order valence-corrected chi connectivity index (χ0v) is 14.5. The van der Waals surface area contributed by atoms with E-state index in [1.165, 1.54) is 0 Å². The molecular weight excluding hydrogens is 322 g/mol. The van der Waals surface area contributed by atoms with E-state index in [-0.39, 0.29) is 5.91 Å². The number of nitrogens with zero attached hydrogens (tertiary/aromatic N) is 2. The number of fused-ring (bicyclic) bond motifs is 1. The minimum Gasteiger partial charge on any atom is -0.331 e. The summed E-state index contributed by atoms with van der Waals surface area (Å²) in [6, 6.07) is 21.6. The Morgan fingerprint density at radius 1 is 1.00 bits per heavy atom. The smallest absolute Gasteiger partial charge is 0.255 e. The Hall–Kier alpha value is -3.40. The van der Waals surface area contributed by atoms with Gasteiger partial charge in [-0.05, 0) is 36.1 Å². The van der Waals surface area contributed by atoms with Crippen molar-refractivity contribution in [3.8, 4) is 0 Å². The van der Waals surface area contributed by atoms with E-state index in [1.54, 1.807) is 6.20 Å². The number of carbonyl (C=O) groups is 1. The van der Waals surface area contributed by atoms with Crippen molar-refractivity contribution in [1.29, 1.82) is 0 Å². The van der Waals surface area contributed by atoms with E-state index in [0.29, 0.717) is 5.56 Å². The highest BCUT2D eigenvalue weighted by molar-refractivity contribution is 6.09. The molecule has 0 radical (unpaired) electrons. The molecule has 0 atom stereocenters. The lowest BCUT2D eigenvalue weighted by Crippen LogP contribution is -2.12. The van der Waals surface area contributed by atoms with Crippen LogP contribution in [-0.2, 0) is 6.54 Å². The second-order valence-corrected chi connectivity index (χ2v) is 6.28. The number of benzene rings is 3. The number of aromatic nitrogens is 2. The van der Waals surface area contributed by atoms with Crippen molar-refractivity contribution in [3.63, 3.8) is 0 Å². The van der Waals surface area contributed by atoms with Crippen molar-refractivity contribution < 1.29 is 4.79 Å². The van der Waals surface area contributed by atoms with Crippen molar-refractivity contribution in [1.82, 2.24) is 9.55 Å². The summed E-state index contributed by atoms with van der Waals surface area (Å²) < 4.78 is 2.07. The molecule has 0 saturated heterocycles. The number of aryl methyl sites for hydroxylation is 1. The standard InChI is InChI=1S/C22H19N3O/c1-16-23-13-14-25(16)15-17-9-11-19(12-10-17)22(26)24-21-8-4-6-18-5-2-3-7-20(18)21/h2-14H,15H2,1H3,(H,24,26). The van der Waals surface area contributed by atoms with Gasteiger partial charge in [0.1, 0.15) is 5.82 Å². The van der Waals surface area contributed by atoms with Gasteiger partial charge in [-0.3, -0.25) is 4.79 Å². The molecule has 1 amide bonds. The van der Waals surface area contributed by atoms with Gasteiger partial charge >= 0.3 is 0 Å². The fourth-order valence-corrected chi connectivity index (χ4v) is 3.06. The molecule has 1 aromatic heterocycles. The van der Waals surface area contributed by atoms with Crippen LogP contribution in [0.5, 0.6) is 0 Å². The molecule has 128 valence electrons. The molecule has 1 N–H and O–H groups in total. The Balaban J connectivity index is 1.52. The quantitative estimate of drug-likeness (QED) is 0.587. The maximum absolute atomic E-state index is 12.6. The zero-order valence-electron chi connectivity index (χ0n) is 14.5. The minimum absolute atomic E-state index is 0.105. The van der Waals surface area contributed by atoms with Gasteiger partial charge in [0.25, 0.3) is 5.91 Å². The third-order valence-electron chi connectivity index (χ3n) is 4.53. The highest BCUT2D eigenvalue weighted by atomic mass is 16.1. The van der Waals surface area contributed by atoms with Gasteiger partial charge in [0.15, 0.2) is 0 Å². The van der Waals surface area contributed by atoms with Crippen LogP contribution in [0, 0.1) is 6.92 Å². The molecule has 4 heteroatoms. The number of carbonyl (C=O) groups excluding carboxylic acids is 1. The summed E-state index contributed by atoms with van der Waals surface area (Å²) in [5.41, 5.74) is 2.60. The number of anilines is 1. The van der Waals surface area contributed by atoms with Crippen LogP contribution < -0.4 is 5.32 Å². The fourth-order valence-electron chi connectivity index (χ4n) is 3.06. The number of imidazole rings is 1. The average Bonchev–Trinajstić information content (AvgIpc) is 3.07. The molecule has 3 aromatic carbocycles. The molecule has 0 spiro atoms. The van der Waals surface area contributed by atoms with Crippen molar-refractivity contribution in [2.45, 2.75) is 13.5 Å². The van der Waals surface area contributed by atoms with Gasteiger partial charge in [-0.25, -0.2) is 4.98 Å². The van der Waals surface area contributed by atoms with Gasteiger partial charge in [0.2, 0.25) is 0 Å². The van der Waals surface area contributed by atoms with Gasteiger partial charge in [0, 0.05) is 35.6 Å². The summed E-state index contributed by atoms with van der Waals surface area (Å²) >= 11 is 0. The number of rotatable bonds is 4. The lowest BCUT2D eigenvalue weighted by atomic mass is 10.1. The Morgan fingerprint density at radius 3 is 2.54 bits per heavy atom. The summed E-state index contributed by atoms with van der Waals surface area (Å²) in [6.07, 6.45) is 3.75. The van der Waals surface area contributed by atoms with Gasteiger partial charge in [-0.2, -0.15) is 0 Å². The monoisotopic (exact) mass is 341 g/mol. The van der Waals surface area contributed by atoms with E-state index in [9.17, 15) is 4.79 Å². The van der Waals surface area contributed by atoms with Gasteiger partial charge < -0.3 is 9.88 Å². The predicted molar refractivity (Wildman–Crippen MR) is 104 cm³/mol. The molecule has 0 fully saturated rings. The fraction of sp³-hybridized carbons (Fsp3) is 0.0909. The minimum atomic E-state index is -0.105. The van der Waals surface area contributed by atoms with Crippen molar-refractivity contribution >= 4 is 22.4 Å². The Kier molecular flexibility index (Phi) is 4.23. The van der Waals surface area contributed by atoms with Gasteiger partial charge in [-0.1, -0.05) is 48.5 Å². The number of amides is 1. The lowest BCUT2D eigenvalue weighted by Gasteiger charge is -2.10. The molecule has 4 rings (SSSR count). The van der Waals surface area contributed by atoms with Crippen LogP contribution >= 0.6 is 0 Å². The second-order valence-electron chi connectivity index (χ2n) is 6.28. The van der Waals surface area contributed by atoms with E-state index in [4.69, 9.17) is 0 Å².